The smallest absolute Gasteiger partial charge is 0.0463 e. The van der Waals surface area contributed by atoms with E-state index in [2.05, 4.69) is 53.4 Å². The van der Waals surface area contributed by atoms with Crippen LogP contribution in [0.1, 0.15) is 29.2 Å². The van der Waals surface area contributed by atoms with Gasteiger partial charge < -0.3 is 0 Å². The van der Waals surface area contributed by atoms with E-state index in [4.69, 9.17) is 5.84 Å². The summed E-state index contributed by atoms with van der Waals surface area (Å²) in [5.41, 5.74) is 6.83. The van der Waals surface area contributed by atoms with E-state index >= 15 is 0 Å². The van der Waals surface area contributed by atoms with E-state index in [-0.39, 0.29) is 6.04 Å². The zero-order valence-corrected chi connectivity index (χ0v) is 10.8. The van der Waals surface area contributed by atoms with Crippen LogP contribution in [0.15, 0.2) is 41.1 Å². The Morgan fingerprint density at radius 2 is 2.00 bits per heavy atom. The third kappa shape index (κ3) is 3.40. The van der Waals surface area contributed by atoms with Crippen molar-refractivity contribution in [2.45, 2.75) is 25.8 Å². The first-order valence-corrected chi connectivity index (χ1v) is 6.77. The molecule has 0 saturated heterocycles. The molecule has 1 unspecified atom stereocenters. The van der Waals surface area contributed by atoms with Gasteiger partial charge in [0.05, 0.1) is 0 Å². The summed E-state index contributed by atoms with van der Waals surface area (Å²) in [5.74, 6) is 5.63. The number of rotatable bonds is 5. The molecule has 2 rings (SSSR count). The number of hydrazine groups is 1. The second-order valence-corrected chi connectivity index (χ2v) is 5.08. The first-order chi connectivity index (χ1) is 8.29. The molecule has 2 nitrogen and oxygen atoms in total. The Morgan fingerprint density at radius 3 is 2.59 bits per heavy atom. The zero-order valence-electron chi connectivity index (χ0n) is 10.0. The SMILES string of the molecule is Cc1ccc(C(CCc2ccsc2)NN)cc1. The molecular formula is C14H18N2S. The maximum Gasteiger partial charge on any atom is 0.0463 e. The Labute approximate surface area is 106 Å². The van der Waals surface area contributed by atoms with Gasteiger partial charge in [0.1, 0.15) is 0 Å². The number of nitrogens with two attached hydrogens (primary N) is 1. The van der Waals surface area contributed by atoms with E-state index in [1.54, 1.807) is 11.3 Å². The minimum atomic E-state index is 0.232. The number of benzene rings is 1. The van der Waals surface area contributed by atoms with Gasteiger partial charge in [0.2, 0.25) is 0 Å². The monoisotopic (exact) mass is 246 g/mol. The van der Waals surface area contributed by atoms with Crippen molar-refractivity contribution in [2.75, 3.05) is 0 Å². The number of hydrogen-bond acceptors (Lipinski definition) is 3. The molecule has 0 amide bonds. The molecule has 0 aliphatic rings. The minimum absolute atomic E-state index is 0.232. The lowest BCUT2D eigenvalue weighted by molar-refractivity contribution is 0.516. The lowest BCUT2D eigenvalue weighted by Gasteiger charge is -2.16. The Bertz CT molecular complexity index is 434. The Kier molecular flexibility index (Phi) is 4.31. The molecule has 0 aliphatic carbocycles. The van der Waals surface area contributed by atoms with Gasteiger partial charge >= 0.3 is 0 Å². The van der Waals surface area contributed by atoms with E-state index in [1.807, 2.05) is 0 Å². The second kappa shape index (κ2) is 5.96. The van der Waals surface area contributed by atoms with E-state index < -0.39 is 0 Å². The molecule has 0 radical (unpaired) electrons. The van der Waals surface area contributed by atoms with Gasteiger partial charge in [-0.1, -0.05) is 29.8 Å². The molecule has 1 aromatic heterocycles. The van der Waals surface area contributed by atoms with Crippen LogP contribution in [0.25, 0.3) is 0 Å². The van der Waals surface area contributed by atoms with E-state index in [0.717, 1.165) is 12.8 Å². The lowest BCUT2D eigenvalue weighted by Crippen LogP contribution is -2.28. The average molecular weight is 246 g/mol. The Morgan fingerprint density at radius 1 is 1.24 bits per heavy atom. The summed E-state index contributed by atoms with van der Waals surface area (Å²) in [6.45, 7) is 2.10. The van der Waals surface area contributed by atoms with Crippen LogP contribution in [0.5, 0.6) is 0 Å². The minimum Gasteiger partial charge on any atom is -0.271 e. The molecular weight excluding hydrogens is 228 g/mol. The van der Waals surface area contributed by atoms with Crippen molar-refractivity contribution < 1.29 is 0 Å². The van der Waals surface area contributed by atoms with Gasteiger partial charge in [-0.2, -0.15) is 11.3 Å². The normalized spacial score (nSPS) is 12.6. The summed E-state index contributed by atoms with van der Waals surface area (Å²) in [4.78, 5) is 0. The fraction of sp³-hybridized carbons (Fsp3) is 0.286. The fourth-order valence-electron chi connectivity index (χ4n) is 1.89. The van der Waals surface area contributed by atoms with Crippen molar-refractivity contribution in [1.82, 2.24) is 5.43 Å². The summed E-state index contributed by atoms with van der Waals surface area (Å²) in [7, 11) is 0. The highest BCUT2D eigenvalue weighted by Gasteiger charge is 2.09. The van der Waals surface area contributed by atoms with Crippen LogP contribution in [0.4, 0.5) is 0 Å². The fourth-order valence-corrected chi connectivity index (χ4v) is 2.59. The van der Waals surface area contributed by atoms with Crippen molar-refractivity contribution in [2.24, 2.45) is 5.84 Å². The maximum absolute atomic E-state index is 5.63. The van der Waals surface area contributed by atoms with Gasteiger partial charge in [0, 0.05) is 6.04 Å². The number of aryl methyl sites for hydroxylation is 2. The molecule has 0 bridgehead atoms. The van der Waals surface area contributed by atoms with Gasteiger partial charge in [-0.3, -0.25) is 11.3 Å². The third-order valence-electron chi connectivity index (χ3n) is 2.98. The molecule has 0 aliphatic heterocycles. The molecule has 1 atom stereocenters. The molecule has 0 saturated carbocycles. The van der Waals surface area contributed by atoms with Crippen LogP contribution in [0.3, 0.4) is 0 Å². The molecule has 1 aromatic carbocycles. The van der Waals surface area contributed by atoms with Crippen LogP contribution in [0, 0.1) is 6.92 Å². The third-order valence-corrected chi connectivity index (χ3v) is 3.71. The first kappa shape index (κ1) is 12.3. The molecule has 3 heteroatoms. The van der Waals surface area contributed by atoms with E-state index in [9.17, 15) is 0 Å². The molecule has 0 fully saturated rings. The average Bonchev–Trinajstić information content (AvgIpc) is 2.85. The highest BCUT2D eigenvalue weighted by atomic mass is 32.1. The summed E-state index contributed by atoms with van der Waals surface area (Å²) in [5, 5.41) is 4.31. The van der Waals surface area contributed by atoms with Gasteiger partial charge in [-0.05, 0) is 47.7 Å². The number of nitrogens with one attached hydrogen (secondary N) is 1. The Hall–Kier alpha value is -1.16. The van der Waals surface area contributed by atoms with Gasteiger partial charge in [0.15, 0.2) is 0 Å². The van der Waals surface area contributed by atoms with Crippen molar-refractivity contribution in [3.8, 4) is 0 Å². The highest BCUT2D eigenvalue weighted by molar-refractivity contribution is 7.07. The van der Waals surface area contributed by atoms with E-state index in [1.165, 1.54) is 16.7 Å². The second-order valence-electron chi connectivity index (χ2n) is 4.30. The molecule has 3 N–H and O–H groups in total. The van der Waals surface area contributed by atoms with Crippen LogP contribution < -0.4 is 11.3 Å². The van der Waals surface area contributed by atoms with Gasteiger partial charge in [0.25, 0.3) is 0 Å². The molecule has 17 heavy (non-hydrogen) atoms. The summed E-state index contributed by atoms with van der Waals surface area (Å²) in [6, 6.07) is 11.0. The van der Waals surface area contributed by atoms with Crippen molar-refractivity contribution in [3.63, 3.8) is 0 Å². The largest absolute Gasteiger partial charge is 0.271 e. The van der Waals surface area contributed by atoms with Crippen LogP contribution in [0.2, 0.25) is 0 Å². The molecule has 90 valence electrons. The van der Waals surface area contributed by atoms with Gasteiger partial charge in [-0.25, -0.2) is 0 Å². The van der Waals surface area contributed by atoms with Crippen LogP contribution in [-0.4, -0.2) is 0 Å². The summed E-state index contributed by atoms with van der Waals surface area (Å²) >= 11 is 1.74. The quantitative estimate of drug-likeness (QED) is 0.628. The molecule has 0 spiro atoms. The zero-order chi connectivity index (χ0) is 12.1. The van der Waals surface area contributed by atoms with Crippen molar-refractivity contribution in [1.29, 1.82) is 0 Å². The summed E-state index contributed by atoms with van der Waals surface area (Å²) < 4.78 is 0. The van der Waals surface area contributed by atoms with E-state index in [0.29, 0.717) is 0 Å². The Balaban J connectivity index is 1.99. The first-order valence-electron chi connectivity index (χ1n) is 5.83. The number of thiophene rings is 1. The number of hydrogen-bond donors (Lipinski definition) is 2. The predicted octanol–water partition coefficient (Wildman–Crippen LogP) is 3.19. The predicted molar refractivity (Wildman–Crippen MR) is 73.9 cm³/mol. The highest BCUT2D eigenvalue weighted by Crippen LogP contribution is 2.19. The standard InChI is InChI=1S/C14H18N2S/c1-11-2-5-13(6-3-11)14(16-15)7-4-12-8-9-17-10-12/h2-3,5-6,8-10,14,16H,4,7,15H2,1H3. The van der Waals surface area contributed by atoms with Crippen molar-refractivity contribution >= 4 is 11.3 Å². The maximum atomic E-state index is 5.63. The van der Waals surface area contributed by atoms with Crippen molar-refractivity contribution in [3.05, 3.63) is 57.8 Å². The summed E-state index contributed by atoms with van der Waals surface area (Å²) in [6.07, 6.45) is 2.09. The topological polar surface area (TPSA) is 38.0 Å². The van der Waals surface area contributed by atoms with Crippen LogP contribution >= 0.6 is 11.3 Å². The molecule has 1 heterocycles. The van der Waals surface area contributed by atoms with Crippen LogP contribution in [-0.2, 0) is 6.42 Å². The van der Waals surface area contributed by atoms with Gasteiger partial charge in [-0.15, -0.1) is 0 Å². The molecule has 2 aromatic rings. The lowest BCUT2D eigenvalue weighted by atomic mass is 10.00.